The predicted molar refractivity (Wildman–Crippen MR) is 48.8 cm³/mol. The topological polar surface area (TPSA) is 54.4 Å². The van der Waals surface area contributed by atoms with Crippen LogP contribution in [0.2, 0.25) is 0 Å². The summed E-state index contributed by atoms with van der Waals surface area (Å²) in [4.78, 5) is 21.6. The zero-order valence-electron chi connectivity index (χ0n) is 7.28. The van der Waals surface area contributed by atoms with Gasteiger partial charge in [-0.15, -0.1) is 0 Å². The quantitative estimate of drug-likeness (QED) is 0.734. The lowest BCUT2D eigenvalue weighted by molar-refractivity contribution is -0.136. The van der Waals surface area contributed by atoms with E-state index < -0.39 is 5.97 Å². The number of aryl methyl sites for hydroxylation is 1. The monoisotopic (exact) mass is 178 g/mol. The predicted octanol–water partition coefficient (Wildman–Crippen LogP) is 0.982. The largest absolute Gasteiger partial charge is 0.481 e. The number of carboxylic acids is 1. The Morgan fingerprint density at radius 2 is 1.92 bits per heavy atom. The summed E-state index contributed by atoms with van der Waals surface area (Å²) in [6.07, 6.45) is -0.215. The Labute approximate surface area is 75.7 Å². The normalized spacial score (nSPS) is 9.62. The highest BCUT2D eigenvalue weighted by molar-refractivity contribution is 5.70. The van der Waals surface area contributed by atoms with Gasteiger partial charge in [-0.3, -0.25) is 9.59 Å². The molecule has 3 nitrogen and oxygen atoms in total. The smallest absolute Gasteiger partial charge is 0.307 e. The van der Waals surface area contributed by atoms with Gasteiger partial charge in [-0.1, -0.05) is 23.8 Å². The molecule has 1 N–H and O–H groups in total. The number of carbonyl (C=O) groups is 1. The van der Waals surface area contributed by atoms with E-state index in [2.05, 4.69) is 0 Å². The van der Waals surface area contributed by atoms with Crippen molar-refractivity contribution in [3.63, 3.8) is 0 Å². The van der Waals surface area contributed by atoms with Crippen molar-refractivity contribution in [3.05, 3.63) is 45.6 Å². The summed E-state index contributed by atoms with van der Waals surface area (Å²) in [6, 6.07) is 6.37. The number of hydrogen-bond donors (Lipinski definition) is 1. The van der Waals surface area contributed by atoms with E-state index >= 15 is 0 Å². The maximum absolute atomic E-state index is 11.2. The van der Waals surface area contributed by atoms with Gasteiger partial charge in [0.25, 0.3) is 0 Å². The maximum Gasteiger partial charge on any atom is 0.307 e. The van der Waals surface area contributed by atoms with Crippen LogP contribution in [-0.4, -0.2) is 11.1 Å². The van der Waals surface area contributed by atoms with E-state index in [0.29, 0.717) is 5.56 Å². The second-order valence-corrected chi connectivity index (χ2v) is 2.87. The van der Waals surface area contributed by atoms with Gasteiger partial charge >= 0.3 is 5.97 Å². The number of carboxylic acid groups (broad SMARTS) is 1. The Kier molecular flexibility index (Phi) is 2.80. The number of hydrogen-bond acceptors (Lipinski definition) is 2. The molecule has 0 saturated carbocycles. The SMILES string of the molecule is Cc1ccc(CC(=O)O)c(=O)cc1. The van der Waals surface area contributed by atoms with Crippen LogP contribution in [0.4, 0.5) is 0 Å². The van der Waals surface area contributed by atoms with Gasteiger partial charge < -0.3 is 5.11 Å². The van der Waals surface area contributed by atoms with Gasteiger partial charge in [0.05, 0.1) is 6.42 Å². The zero-order chi connectivity index (χ0) is 9.84. The molecule has 0 spiro atoms. The van der Waals surface area contributed by atoms with Crippen molar-refractivity contribution in [3.8, 4) is 0 Å². The molecule has 0 heterocycles. The fraction of sp³-hybridized carbons (Fsp3) is 0.200. The summed E-state index contributed by atoms with van der Waals surface area (Å²) in [7, 11) is 0. The van der Waals surface area contributed by atoms with Crippen LogP contribution in [-0.2, 0) is 11.2 Å². The van der Waals surface area contributed by atoms with Gasteiger partial charge in [0.1, 0.15) is 0 Å². The molecule has 0 atom stereocenters. The molecule has 1 aromatic carbocycles. The minimum Gasteiger partial charge on any atom is -0.481 e. The minimum absolute atomic E-state index is 0.215. The fourth-order valence-electron chi connectivity index (χ4n) is 0.993. The zero-order valence-corrected chi connectivity index (χ0v) is 7.28. The molecule has 68 valence electrons. The first-order valence-electron chi connectivity index (χ1n) is 3.91. The van der Waals surface area contributed by atoms with Crippen LogP contribution >= 0.6 is 0 Å². The van der Waals surface area contributed by atoms with Crippen LogP contribution < -0.4 is 5.43 Å². The van der Waals surface area contributed by atoms with Crippen molar-refractivity contribution < 1.29 is 9.90 Å². The lowest BCUT2D eigenvalue weighted by Gasteiger charge is -1.88. The minimum atomic E-state index is -0.985. The highest BCUT2D eigenvalue weighted by Gasteiger charge is 2.02. The Hall–Kier alpha value is -1.64. The van der Waals surface area contributed by atoms with Crippen LogP contribution in [0.1, 0.15) is 11.1 Å². The average Bonchev–Trinajstić information content (AvgIpc) is 2.19. The van der Waals surface area contributed by atoms with E-state index in [9.17, 15) is 9.59 Å². The molecule has 1 aromatic rings. The molecule has 3 heteroatoms. The molecule has 0 unspecified atom stereocenters. The van der Waals surface area contributed by atoms with Crippen molar-refractivity contribution in [2.45, 2.75) is 13.3 Å². The third-order valence-electron chi connectivity index (χ3n) is 1.70. The van der Waals surface area contributed by atoms with Crippen LogP contribution in [0.3, 0.4) is 0 Å². The summed E-state index contributed by atoms with van der Waals surface area (Å²) in [5.41, 5.74) is 1.03. The van der Waals surface area contributed by atoms with Gasteiger partial charge in [0.15, 0.2) is 5.43 Å². The van der Waals surface area contributed by atoms with E-state index in [-0.39, 0.29) is 11.8 Å². The lowest BCUT2D eigenvalue weighted by atomic mass is 10.2. The first kappa shape index (κ1) is 9.45. The van der Waals surface area contributed by atoms with E-state index in [1.807, 2.05) is 6.92 Å². The summed E-state index contributed by atoms with van der Waals surface area (Å²) < 4.78 is 0. The highest BCUT2D eigenvalue weighted by Crippen LogP contribution is 1.96. The van der Waals surface area contributed by atoms with Gasteiger partial charge in [-0.2, -0.15) is 0 Å². The molecule has 13 heavy (non-hydrogen) atoms. The third-order valence-corrected chi connectivity index (χ3v) is 1.70. The standard InChI is InChI=1S/C10H10O3/c1-7-2-4-8(6-10(12)13)9(11)5-3-7/h2-5H,6H2,1H3,(H,12,13). The Balaban J connectivity index is 3.17. The lowest BCUT2D eigenvalue weighted by Crippen LogP contribution is -2.09. The van der Waals surface area contributed by atoms with Crippen LogP contribution in [0, 0.1) is 6.92 Å². The van der Waals surface area contributed by atoms with Gasteiger partial charge in [-0.25, -0.2) is 0 Å². The molecule has 0 aromatic heterocycles. The second kappa shape index (κ2) is 3.85. The molecule has 0 amide bonds. The van der Waals surface area contributed by atoms with Crippen LogP contribution in [0.5, 0.6) is 0 Å². The van der Waals surface area contributed by atoms with E-state index in [4.69, 9.17) is 5.11 Å². The van der Waals surface area contributed by atoms with Crippen LogP contribution in [0.25, 0.3) is 0 Å². The summed E-state index contributed by atoms with van der Waals surface area (Å²) in [5, 5.41) is 8.50. The summed E-state index contributed by atoms with van der Waals surface area (Å²) in [5.74, 6) is -0.985. The van der Waals surface area contributed by atoms with E-state index in [0.717, 1.165) is 5.56 Å². The first-order chi connectivity index (χ1) is 6.09. The molecule has 1 rings (SSSR count). The van der Waals surface area contributed by atoms with E-state index in [1.54, 1.807) is 18.2 Å². The summed E-state index contributed by atoms with van der Waals surface area (Å²) >= 11 is 0. The van der Waals surface area contributed by atoms with Gasteiger partial charge in [0.2, 0.25) is 0 Å². The molecule has 0 fully saturated rings. The van der Waals surface area contributed by atoms with Gasteiger partial charge in [0, 0.05) is 5.56 Å². The molecule has 0 radical (unpaired) electrons. The summed E-state index contributed by atoms with van der Waals surface area (Å²) in [6.45, 7) is 1.85. The third kappa shape index (κ3) is 2.71. The van der Waals surface area contributed by atoms with Crippen molar-refractivity contribution in [2.24, 2.45) is 0 Å². The Bertz CT molecular complexity index is 382. The average molecular weight is 178 g/mol. The fourth-order valence-corrected chi connectivity index (χ4v) is 0.993. The van der Waals surface area contributed by atoms with Gasteiger partial charge in [-0.05, 0) is 13.0 Å². The molecule has 0 bridgehead atoms. The van der Waals surface area contributed by atoms with Crippen molar-refractivity contribution in [1.82, 2.24) is 0 Å². The molecule has 0 aliphatic rings. The first-order valence-corrected chi connectivity index (χ1v) is 3.91. The van der Waals surface area contributed by atoms with Crippen molar-refractivity contribution in [2.75, 3.05) is 0 Å². The number of aliphatic carboxylic acids is 1. The van der Waals surface area contributed by atoms with Crippen molar-refractivity contribution >= 4 is 5.97 Å². The number of rotatable bonds is 2. The molecule has 0 aliphatic carbocycles. The van der Waals surface area contributed by atoms with Crippen LogP contribution in [0.15, 0.2) is 29.1 Å². The highest BCUT2D eigenvalue weighted by atomic mass is 16.4. The second-order valence-electron chi connectivity index (χ2n) is 2.87. The molecular weight excluding hydrogens is 168 g/mol. The maximum atomic E-state index is 11.2. The van der Waals surface area contributed by atoms with E-state index in [1.165, 1.54) is 6.07 Å². The Morgan fingerprint density at radius 1 is 1.31 bits per heavy atom. The Morgan fingerprint density at radius 3 is 2.54 bits per heavy atom. The molecular formula is C10H10O3. The molecule has 0 saturated heterocycles. The van der Waals surface area contributed by atoms with Crippen molar-refractivity contribution in [1.29, 1.82) is 0 Å². The molecule has 0 aliphatic heterocycles.